The number of nitrogens with one attached hydrogen (secondary N) is 1. The van der Waals surface area contributed by atoms with E-state index in [9.17, 15) is 4.79 Å². The van der Waals surface area contributed by atoms with Crippen LogP contribution in [0.15, 0.2) is 52.9 Å². The van der Waals surface area contributed by atoms with Crippen molar-refractivity contribution in [2.75, 3.05) is 26.7 Å². The van der Waals surface area contributed by atoms with Crippen LogP contribution in [0.2, 0.25) is 0 Å². The Kier molecular flexibility index (Phi) is 4.32. The Morgan fingerprint density at radius 1 is 1.14 bits per heavy atom. The van der Waals surface area contributed by atoms with Gasteiger partial charge in [-0.05, 0) is 55.6 Å². The molecule has 3 saturated heterocycles. The van der Waals surface area contributed by atoms with Crippen LogP contribution >= 0.6 is 0 Å². The molecular weight excluding hydrogens is 352 g/mol. The Morgan fingerprint density at radius 3 is 2.71 bits per heavy atom. The molecule has 2 bridgehead atoms. The van der Waals surface area contributed by atoms with E-state index in [1.165, 1.54) is 12.8 Å². The highest BCUT2D eigenvalue weighted by Gasteiger charge is 2.35. The summed E-state index contributed by atoms with van der Waals surface area (Å²) in [6.07, 6.45) is 2.34. The van der Waals surface area contributed by atoms with Crippen LogP contribution < -0.4 is 10.1 Å². The maximum atomic E-state index is 12.9. The molecule has 1 amide bonds. The molecule has 3 aromatic rings. The van der Waals surface area contributed by atoms with E-state index in [2.05, 4.69) is 10.2 Å². The fourth-order valence-corrected chi connectivity index (χ4v) is 4.56. The second kappa shape index (κ2) is 6.99. The topological polar surface area (TPSA) is 54.7 Å². The van der Waals surface area contributed by atoms with Crippen molar-refractivity contribution in [1.29, 1.82) is 0 Å². The van der Waals surface area contributed by atoms with Crippen LogP contribution in [0, 0.1) is 5.92 Å². The number of methoxy groups -OCH3 is 1. The van der Waals surface area contributed by atoms with E-state index in [-0.39, 0.29) is 11.9 Å². The molecule has 0 saturated carbocycles. The Labute approximate surface area is 164 Å². The number of amides is 1. The van der Waals surface area contributed by atoms with E-state index in [0.29, 0.717) is 11.7 Å². The molecule has 4 heterocycles. The van der Waals surface area contributed by atoms with Crippen LogP contribution in [-0.4, -0.2) is 43.6 Å². The van der Waals surface area contributed by atoms with Crippen molar-refractivity contribution < 1.29 is 13.9 Å². The molecule has 1 atom stereocenters. The number of ether oxygens (including phenoxy) is 1. The number of carbonyl (C=O) groups is 1. The van der Waals surface area contributed by atoms with Crippen LogP contribution in [0.5, 0.6) is 5.75 Å². The molecule has 0 spiro atoms. The molecule has 5 nitrogen and oxygen atoms in total. The average Bonchev–Trinajstić information content (AvgIpc) is 3.19. The zero-order valence-corrected chi connectivity index (χ0v) is 16.0. The number of para-hydroxylation sites is 1. The summed E-state index contributed by atoms with van der Waals surface area (Å²) in [5.74, 6) is 1.64. The van der Waals surface area contributed by atoms with Crippen molar-refractivity contribution in [3.05, 3.63) is 54.3 Å². The minimum Gasteiger partial charge on any atom is -0.497 e. The Bertz CT molecular complexity index is 1020. The van der Waals surface area contributed by atoms with Gasteiger partial charge >= 0.3 is 0 Å². The molecule has 3 aliphatic rings. The summed E-state index contributed by atoms with van der Waals surface area (Å²) in [6, 6.07) is 15.9. The summed E-state index contributed by atoms with van der Waals surface area (Å²) < 4.78 is 11.4. The predicted molar refractivity (Wildman–Crippen MR) is 109 cm³/mol. The van der Waals surface area contributed by atoms with Gasteiger partial charge in [0.15, 0.2) is 5.76 Å². The maximum Gasteiger partial charge on any atom is 0.287 e. The van der Waals surface area contributed by atoms with Crippen molar-refractivity contribution in [1.82, 2.24) is 10.2 Å². The molecule has 3 fully saturated rings. The number of fused-ring (bicyclic) bond motifs is 4. The third kappa shape index (κ3) is 3.06. The fraction of sp³-hybridized carbons (Fsp3) is 0.348. The summed E-state index contributed by atoms with van der Waals surface area (Å²) in [6.45, 7) is 3.27. The van der Waals surface area contributed by atoms with Crippen molar-refractivity contribution in [3.63, 3.8) is 0 Å². The predicted octanol–water partition coefficient (Wildman–Crippen LogP) is 3.93. The minimum atomic E-state index is -0.119. The smallest absolute Gasteiger partial charge is 0.287 e. The first-order chi connectivity index (χ1) is 13.7. The van der Waals surface area contributed by atoms with E-state index in [0.717, 1.165) is 47.5 Å². The largest absolute Gasteiger partial charge is 0.497 e. The zero-order chi connectivity index (χ0) is 19.1. The van der Waals surface area contributed by atoms with Crippen molar-refractivity contribution in [2.24, 2.45) is 5.92 Å². The van der Waals surface area contributed by atoms with E-state index < -0.39 is 0 Å². The number of rotatable bonds is 4. The van der Waals surface area contributed by atoms with E-state index in [1.807, 2.05) is 48.5 Å². The van der Waals surface area contributed by atoms with Gasteiger partial charge in [0.1, 0.15) is 11.3 Å². The molecular formula is C23H24N2O3. The monoisotopic (exact) mass is 376 g/mol. The number of hydrogen-bond acceptors (Lipinski definition) is 4. The summed E-state index contributed by atoms with van der Waals surface area (Å²) in [5.41, 5.74) is 2.69. The normalized spacial score (nSPS) is 23.7. The standard InChI is InChI=1S/C23H24N2O3/c1-27-18-6-2-4-16(12-18)19-7-3-5-17-13-21(28-22(17)19)23(26)24-20-14-25-10-8-15(20)9-11-25/h2-7,12-13,15,20H,8-11,14H2,1H3,(H,24,26). The van der Waals surface area contributed by atoms with E-state index in [1.54, 1.807) is 7.11 Å². The van der Waals surface area contributed by atoms with Gasteiger partial charge in [-0.1, -0.05) is 30.3 Å². The third-order valence-electron chi connectivity index (χ3n) is 6.12. The van der Waals surface area contributed by atoms with E-state index in [4.69, 9.17) is 9.15 Å². The van der Waals surface area contributed by atoms with Crippen LogP contribution in [0.3, 0.4) is 0 Å². The summed E-state index contributed by atoms with van der Waals surface area (Å²) in [7, 11) is 1.66. The van der Waals surface area contributed by atoms with Crippen LogP contribution in [-0.2, 0) is 0 Å². The Hall–Kier alpha value is -2.79. The van der Waals surface area contributed by atoms with Crippen LogP contribution in [0.1, 0.15) is 23.4 Å². The fourth-order valence-electron chi connectivity index (χ4n) is 4.56. The summed E-state index contributed by atoms with van der Waals surface area (Å²) in [5, 5.41) is 4.14. The first-order valence-electron chi connectivity index (χ1n) is 9.91. The Morgan fingerprint density at radius 2 is 1.96 bits per heavy atom. The molecule has 5 heteroatoms. The second-order valence-corrected chi connectivity index (χ2v) is 7.78. The molecule has 28 heavy (non-hydrogen) atoms. The van der Waals surface area contributed by atoms with Gasteiger partial charge in [0.05, 0.1) is 7.11 Å². The highest BCUT2D eigenvalue weighted by atomic mass is 16.5. The lowest BCUT2D eigenvalue weighted by atomic mass is 9.84. The molecule has 0 radical (unpaired) electrons. The number of hydrogen-bond donors (Lipinski definition) is 1. The lowest BCUT2D eigenvalue weighted by Crippen LogP contribution is -2.57. The lowest BCUT2D eigenvalue weighted by Gasteiger charge is -2.44. The summed E-state index contributed by atoms with van der Waals surface area (Å²) >= 11 is 0. The van der Waals surface area contributed by atoms with Gasteiger partial charge in [-0.2, -0.15) is 0 Å². The first-order valence-corrected chi connectivity index (χ1v) is 9.91. The second-order valence-electron chi connectivity index (χ2n) is 7.78. The first kappa shape index (κ1) is 17.3. The molecule has 3 aliphatic heterocycles. The SMILES string of the molecule is COc1cccc(-c2cccc3cc(C(=O)NC4CN5CCC4CC5)oc23)c1. The average molecular weight is 376 g/mol. The number of piperidine rings is 3. The zero-order valence-electron chi connectivity index (χ0n) is 16.0. The maximum absolute atomic E-state index is 12.9. The van der Waals surface area contributed by atoms with Crippen LogP contribution in [0.4, 0.5) is 0 Å². The quantitative estimate of drug-likeness (QED) is 0.750. The molecule has 1 aromatic heterocycles. The Balaban J connectivity index is 1.44. The van der Waals surface area contributed by atoms with Gasteiger partial charge in [0.25, 0.3) is 5.91 Å². The number of furan rings is 1. The molecule has 2 aromatic carbocycles. The van der Waals surface area contributed by atoms with Gasteiger partial charge < -0.3 is 19.4 Å². The molecule has 6 rings (SSSR count). The van der Waals surface area contributed by atoms with Crippen molar-refractivity contribution in [3.8, 4) is 16.9 Å². The number of carbonyl (C=O) groups excluding carboxylic acids is 1. The van der Waals surface area contributed by atoms with Gasteiger partial charge in [-0.15, -0.1) is 0 Å². The lowest BCUT2D eigenvalue weighted by molar-refractivity contribution is 0.0607. The summed E-state index contributed by atoms with van der Waals surface area (Å²) in [4.78, 5) is 15.3. The van der Waals surface area contributed by atoms with Crippen molar-refractivity contribution in [2.45, 2.75) is 18.9 Å². The van der Waals surface area contributed by atoms with Gasteiger partial charge in [0.2, 0.25) is 0 Å². The van der Waals surface area contributed by atoms with Crippen molar-refractivity contribution >= 4 is 16.9 Å². The molecule has 1 unspecified atom stereocenters. The van der Waals surface area contributed by atoms with Gasteiger partial charge in [-0.3, -0.25) is 4.79 Å². The highest BCUT2D eigenvalue weighted by Crippen LogP contribution is 2.33. The van der Waals surface area contributed by atoms with Gasteiger partial charge in [0, 0.05) is 23.5 Å². The minimum absolute atomic E-state index is 0.119. The molecule has 0 aliphatic carbocycles. The molecule has 144 valence electrons. The third-order valence-corrected chi connectivity index (χ3v) is 6.12. The van der Waals surface area contributed by atoms with Crippen LogP contribution in [0.25, 0.3) is 22.1 Å². The molecule has 1 N–H and O–H groups in total. The highest BCUT2D eigenvalue weighted by molar-refractivity contribution is 6.00. The number of nitrogens with zero attached hydrogens (tertiary/aromatic N) is 1. The van der Waals surface area contributed by atoms with E-state index >= 15 is 0 Å². The number of benzene rings is 2. The van der Waals surface area contributed by atoms with Gasteiger partial charge in [-0.25, -0.2) is 0 Å².